The van der Waals surface area contributed by atoms with Gasteiger partial charge in [-0.15, -0.1) is 6.42 Å². The average Bonchev–Trinajstić information content (AvgIpc) is 3.07. The first-order valence-electron chi connectivity index (χ1n) is 10.5. The van der Waals surface area contributed by atoms with Gasteiger partial charge in [-0.2, -0.15) is 0 Å². The lowest BCUT2D eigenvalue weighted by Crippen LogP contribution is -2.35. The minimum absolute atomic E-state index is 0.0651. The van der Waals surface area contributed by atoms with Crippen LogP contribution >= 0.6 is 28.1 Å². The summed E-state index contributed by atoms with van der Waals surface area (Å²) in [7, 11) is 2.82. The van der Waals surface area contributed by atoms with E-state index >= 15 is 0 Å². The fraction of sp³-hybridized carbons (Fsp3) is 0.240. The molecule has 0 atom stereocenters. The number of methoxy groups -OCH3 is 2. The summed E-state index contributed by atoms with van der Waals surface area (Å²) in [6.45, 7) is 2.06. The van der Waals surface area contributed by atoms with Crippen molar-refractivity contribution in [3.8, 4) is 29.6 Å². The summed E-state index contributed by atoms with van der Waals surface area (Å²) in [4.78, 5) is 28.4. The largest absolute Gasteiger partial charge is 0.497 e. The van der Waals surface area contributed by atoms with E-state index in [-0.39, 0.29) is 24.0 Å². The van der Waals surface area contributed by atoms with E-state index < -0.39 is 11.9 Å². The number of ether oxygens (including phenoxy) is 4. The monoisotopic (exact) mass is 558 g/mol. The van der Waals surface area contributed by atoms with Gasteiger partial charge in [0.25, 0.3) is 5.91 Å². The Morgan fingerprint density at radius 3 is 2.51 bits per heavy atom. The third-order valence-electron chi connectivity index (χ3n) is 4.92. The zero-order valence-electron chi connectivity index (χ0n) is 19.4. The molecule has 2 aromatic carbocycles. The molecule has 1 fully saturated rings. The van der Waals surface area contributed by atoms with E-state index in [1.54, 1.807) is 49.6 Å². The van der Waals surface area contributed by atoms with Crippen LogP contribution in [0.15, 0.2) is 46.6 Å². The number of terminal acetylenes is 1. The highest BCUT2D eigenvalue weighted by atomic mass is 79.9. The van der Waals surface area contributed by atoms with Gasteiger partial charge in [0.1, 0.15) is 24.6 Å². The van der Waals surface area contributed by atoms with Crippen LogP contribution < -0.4 is 19.1 Å². The Morgan fingerprint density at radius 1 is 1.20 bits per heavy atom. The third kappa shape index (κ3) is 5.75. The number of thiocarbonyl (C=S) groups is 1. The van der Waals surface area contributed by atoms with Crippen LogP contribution in [0.1, 0.15) is 12.5 Å². The molecule has 35 heavy (non-hydrogen) atoms. The summed E-state index contributed by atoms with van der Waals surface area (Å²) >= 11 is 9.06. The summed E-state index contributed by atoms with van der Waals surface area (Å²) in [5, 5.41) is 0.148. The molecule has 0 N–H and O–H groups in total. The van der Waals surface area contributed by atoms with E-state index in [0.29, 0.717) is 39.6 Å². The molecule has 3 rings (SSSR count). The highest BCUT2D eigenvalue weighted by Crippen LogP contribution is 2.38. The number of nitrogens with zero attached hydrogens (tertiary/aromatic N) is 2. The molecule has 1 aliphatic rings. The highest BCUT2D eigenvalue weighted by Gasteiger charge is 2.40. The Kier molecular flexibility index (Phi) is 8.73. The first kappa shape index (κ1) is 26.1. The van der Waals surface area contributed by atoms with Crippen LogP contribution in [0, 0.1) is 12.3 Å². The molecule has 1 heterocycles. The van der Waals surface area contributed by atoms with E-state index in [1.165, 1.54) is 16.9 Å². The van der Waals surface area contributed by atoms with Crippen molar-refractivity contribution in [2.45, 2.75) is 6.92 Å². The van der Waals surface area contributed by atoms with Crippen LogP contribution in [-0.4, -0.2) is 55.9 Å². The van der Waals surface area contributed by atoms with E-state index in [4.69, 9.17) is 37.6 Å². The molecule has 0 bridgehead atoms. The second-order valence-corrected chi connectivity index (χ2v) is 8.29. The van der Waals surface area contributed by atoms with Gasteiger partial charge < -0.3 is 23.8 Å². The van der Waals surface area contributed by atoms with Gasteiger partial charge in [-0.3, -0.25) is 14.5 Å². The summed E-state index contributed by atoms with van der Waals surface area (Å²) in [5.74, 6) is 3.01. The van der Waals surface area contributed by atoms with E-state index in [1.807, 2.05) is 6.92 Å². The summed E-state index contributed by atoms with van der Waals surface area (Å²) in [6.07, 6.45) is 6.94. The molecule has 0 aliphatic carbocycles. The minimum atomic E-state index is -0.545. The van der Waals surface area contributed by atoms with E-state index in [0.717, 1.165) is 0 Å². The van der Waals surface area contributed by atoms with E-state index in [2.05, 4.69) is 21.9 Å². The molecule has 0 unspecified atom stereocenters. The van der Waals surface area contributed by atoms with E-state index in [9.17, 15) is 9.59 Å². The molecule has 2 aromatic rings. The number of hydrogen-bond acceptors (Lipinski definition) is 7. The third-order valence-corrected chi connectivity index (χ3v) is 5.91. The van der Waals surface area contributed by atoms with Gasteiger partial charge in [0.2, 0.25) is 0 Å². The van der Waals surface area contributed by atoms with Crippen molar-refractivity contribution < 1.29 is 28.5 Å². The summed E-state index contributed by atoms with van der Waals surface area (Å²) in [5.41, 5.74) is 1.35. The topological polar surface area (TPSA) is 77.5 Å². The lowest BCUT2D eigenvalue weighted by molar-refractivity contribution is -0.140. The highest BCUT2D eigenvalue weighted by molar-refractivity contribution is 9.10. The second kappa shape index (κ2) is 11.7. The fourth-order valence-corrected chi connectivity index (χ4v) is 4.26. The molecule has 0 spiro atoms. The molecule has 182 valence electrons. The van der Waals surface area contributed by atoms with Gasteiger partial charge in [0, 0.05) is 0 Å². The normalized spacial score (nSPS) is 14.2. The second-order valence-electron chi connectivity index (χ2n) is 7.07. The molecule has 1 saturated heterocycles. The van der Waals surface area contributed by atoms with Crippen molar-refractivity contribution in [1.29, 1.82) is 0 Å². The SMILES string of the molecule is C#CCOc1c(Br)cc(/C=C2/C(=O)N(c3ccc(OC)cc3)C(=S)N2CC(=O)OC)cc1OCC. The maximum Gasteiger partial charge on any atom is 0.325 e. The van der Waals surface area contributed by atoms with Crippen LogP contribution in [0.4, 0.5) is 5.69 Å². The molecule has 0 aromatic heterocycles. The summed E-state index contributed by atoms with van der Waals surface area (Å²) < 4.78 is 21.9. The standard InChI is InChI=1S/C25H23BrN2O6S/c1-5-11-34-23-19(26)12-16(14-21(23)33-6-2)13-20-24(30)28(17-7-9-18(31-3)10-8-17)25(35)27(20)15-22(29)32-4/h1,7-10,12-14H,6,11,15H2,2-4H3/b20-13-. The predicted molar refractivity (Wildman–Crippen MR) is 139 cm³/mol. The number of carbonyl (C=O) groups excluding carboxylic acids is 2. The van der Waals surface area contributed by atoms with Crippen molar-refractivity contribution in [1.82, 2.24) is 4.90 Å². The lowest BCUT2D eigenvalue weighted by Gasteiger charge is -2.19. The molecular weight excluding hydrogens is 536 g/mol. The molecule has 1 aliphatic heterocycles. The van der Waals surface area contributed by atoms with Crippen LogP contribution in [-0.2, 0) is 14.3 Å². The van der Waals surface area contributed by atoms with Gasteiger partial charge in [-0.1, -0.05) is 5.92 Å². The zero-order valence-corrected chi connectivity index (χ0v) is 21.8. The van der Waals surface area contributed by atoms with Crippen molar-refractivity contribution in [2.75, 3.05) is 38.9 Å². The molecule has 0 saturated carbocycles. The maximum absolute atomic E-state index is 13.5. The van der Waals surface area contributed by atoms with Crippen LogP contribution in [0.2, 0.25) is 0 Å². The number of rotatable bonds is 9. The van der Waals surface area contributed by atoms with Crippen molar-refractivity contribution in [3.63, 3.8) is 0 Å². The van der Waals surface area contributed by atoms with Gasteiger partial charge in [-0.05, 0) is 83.1 Å². The average molecular weight is 559 g/mol. The fourth-order valence-electron chi connectivity index (χ4n) is 3.33. The Balaban J connectivity index is 2.07. The zero-order chi connectivity index (χ0) is 25.5. The van der Waals surface area contributed by atoms with Crippen LogP contribution in [0.25, 0.3) is 6.08 Å². The lowest BCUT2D eigenvalue weighted by atomic mass is 10.1. The molecular formula is C25H23BrN2O6S. The first-order valence-corrected chi connectivity index (χ1v) is 11.7. The van der Waals surface area contributed by atoms with Gasteiger partial charge >= 0.3 is 5.97 Å². The van der Waals surface area contributed by atoms with Crippen molar-refractivity contribution in [2.24, 2.45) is 0 Å². The number of anilines is 1. The number of esters is 1. The Morgan fingerprint density at radius 2 is 1.91 bits per heavy atom. The Labute approximate surface area is 217 Å². The number of benzene rings is 2. The van der Waals surface area contributed by atoms with Crippen LogP contribution in [0.3, 0.4) is 0 Å². The number of halogens is 1. The molecule has 10 heteroatoms. The molecule has 8 nitrogen and oxygen atoms in total. The predicted octanol–water partition coefficient (Wildman–Crippen LogP) is 4.02. The number of amides is 1. The Hall–Kier alpha value is -3.55. The number of carbonyl (C=O) groups is 2. The first-order chi connectivity index (χ1) is 16.8. The number of hydrogen-bond donors (Lipinski definition) is 0. The minimum Gasteiger partial charge on any atom is -0.497 e. The maximum atomic E-state index is 13.5. The van der Waals surface area contributed by atoms with Crippen molar-refractivity contribution in [3.05, 3.63) is 52.1 Å². The van der Waals surface area contributed by atoms with Gasteiger partial charge in [-0.25, -0.2) is 0 Å². The van der Waals surface area contributed by atoms with Crippen LogP contribution in [0.5, 0.6) is 17.2 Å². The Bertz CT molecular complexity index is 1210. The smallest absolute Gasteiger partial charge is 0.325 e. The van der Waals surface area contributed by atoms with Gasteiger partial charge in [0.05, 0.1) is 31.0 Å². The summed E-state index contributed by atoms with van der Waals surface area (Å²) in [6, 6.07) is 10.3. The quantitative estimate of drug-likeness (QED) is 0.198. The van der Waals surface area contributed by atoms with Crippen molar-refractivity contribution >= 4 is 56.9 Å². The molecule has 1 amide bonds. The van der Waals surface area contributed by atoms with Gasteiger partial charge in [0.15, 0.2) is 16.6 Å². The molecule has 0 radical (unpaired) electrons.